The number of para-hydroxylation sites is 1. The van der Waals surface area contributed by atoms with Crippen LogP contribution in [0.25, 0.3) is 16.6 Å². The quantitative estimate of drug-likeness (QED) is 0.322. The first kappa shape index (κ1) is 21.9. The highest BCUT2D eigenvalue weighted by atomic mass is 79.9. The molecular formula is C26H20BrN5O2S. The van der Waals surface area contributed by atoms with Crippen molar-refractivity contribution < 1.29 is 9.53 Å². The first-order valence-corrected chi connectivity index (χ1v) is 12.7. The molecule has 3 aromatic carbocycles. The number of ether oxygens (including phenoxy) is 1. The van der Waals surface area contributed by atoms with Gasteiger partial charge in [0, 0.05) is 21.5 Å². The molecule has 9 heteroatoms. The van der Waals surface area contributed by atoms with Gasteiger partial charge in [0.05, 0.1) is 35.4 Å². The summed E-state index contributed by atoms with van der Waals surface area (Å²) in [5.41, 5.74) is 4.55. The number of thioether (sulfide) groups is 1. The number of carbonyl (C=O) groups is 1. The molecule has 2 aliphatic heterocycles. The first-order valence-electron chi connectivity index (χ1n) is 11.1. The molecule has 0 radical (unpaired) electrons. The summed E-state index contributed by atoms with van der Waals surface area (Å²) in [5, 5.41) is 16.3. The van der Waals surface area contributed by atoms with Crippen LogP contribution in [0.15, 0.2) is 94.6 Å². The van der Waals surface area contributed by atoms with E-state index in [1.165, 1.54) is 11.8 Å². The lowest BCUT2D eigenvalue weighted by Gasteiger charge is -2.35. The molecule has 1 aromatic heterocycles. The van der Waals surface area contributed by atoms with Crippen LogP contribution in [0.4, 0.5) is 11.4 Å². The Morgan fingerprint density at radius 2 is 1.89 bits per heavy atom. The van der Waals surface area contributed by atoms with E-state index in [0.717, 1.165) is 38.0 Å². The maximum Gasteiger partial charge on any atom is 0.365 e. The predicted octanol–water partition coefficient (Wildman–Crippen LogP) is 5.90. The van der Waals surface area contributed by atoms with E-state index in [9.17, 15) is 4.79 Å². The summed E-state index contributed by atoms with van der Waals surface area (Å²) >= 11 is 4.83. The van der Waals surface area contributed by atoms with Crippen LogP contribution < -0.4 is 10.3 Å². The third-order valence-electron chi connectivity index (χ3n) is 5.81. The van der Waals surface area contributed by atoms with Gasteiger partial charge in [-0.15, -0.1) is 0 Å². The zero-order chi connectivity index (χ0) is 24.0. The maximum atomic E-state index is 12.8. The fraction of sp³-hybridized carbons (Fsp3) is 0.115. The topological polar surface area (TPSA) is 71.8 Å². The van der Waals surface area contributed by atoms with Gasteiger partial charge in [-0.05, 0) is 49.0 Å². The lowest BCUT2D eigenvalue weighted by molar-refractivity contribution is -0.134. The van der Waals surface area contributed by atoms with Gasteiger partial charge in [-0.3, -0.25) is 0 Å². The number of halogens is 1. The Labute approximate surface area is 214 Å². The molecule has 7 nitrogen and oxygen atoms in total. The highest BCUT2D eigenvalue weighted by molar-refractivity contribution is 9.10. The number of carbonyl (C=O) groups excluding carboxylic acids is 1. The maximum absolute atomic E-state index is 12.8. The van der Waals surface area contributed by atoms with Gasteiger partial charge in [0.15, 0.2) is 0 Å². The molecule has 35 heavy (non-hydrogen) atoms. The molecule has 0 amide bonds. The largest absolute Gasteiger partial charge is 0.461 e. The molecule has 0 aliphatic carbocycles. The average molecular weight is 546 g/mol. The summed E-state index contributed by atoms with van der Waals surface area (Å²) < 4.78 is 8.22. The van der Waals surface area contributed by atoms with E-state index in [2.05, 4.69) is 39.5 Å². The van der Waals surface area contributed by atoms with Crippen LogP contribution in [0, 0.1) is 0 Å². The molecule has 1 N–H and O–H groups in total. The minimum atomic E-state index is -0.948. The Hall–Kier alpha value is -3.56. The second kappa shape index (κ2) is 8.58. The van der Waals surface area contributed by atoms with Gasteiger partial charge in [-0.25, -0.2) is 14.5 Å². The van der Waals surface area contributed by atoms with Gasteiger partial charge < -0.3 is 10.1 Å². The van der Waals surface area contributed by atoms with Crippen molar-refractivity contribution >= 4 is 66.7 Å². The number of nitrogens with zero attached hydrogens (tertiary/aromatic N) is 4. The second-order valence-corrected chi connectivity index (χ2v) is 10.2. The first-order chi connectivity index (χ1) is 17.1. The summed E-state index contributed by atoms with van der Waals surface area (Å²) in [6, 6.07) is 24.0. The van der Waals surface area contributed by atoms with Crippen molar-refractivity contribution in [2.45, 2.75) is 11.9 Å². The van der Waals surface area contributed by atoms with E-state index < -0.39 is 11.0 Å². The minimum absolute atomic E-state index is 0.275. The minimum Gasteiger partial charge on any atom is -0.461 e. The Bertz CT molecular complexity index is 1500. The van der Waals surface area contributed by atoms with E-state index in [1.54, 1.807) is 6.92 Å². The van der Waals surface area contributed by atoms with Gasteiger partial charge in [0.25, 0.3) is 0 Å². The van der Waals surface area contributed by atoms with Gasteiger partial charge in [-0.2, -0.15) is 10.2 Å². The van der Waals surface area contributed by atoms with Crippen molar-refractivity contribution in [1.82, 2.24) is 9.78 Å². The van der Waals surface area contributed by atoms with Gasteiger partial charge in [0.2, 0.25) is 10.0 Å². The van der Waals surface area contributed by atoms with E-state index in [-0.39, 0.29) is 11.7 Å². The number of aromatic nitrogens is 2. The van der Waals surface area contributed by atoms with Gasteiger partial charge in [-0.1, -0.05) is 58.4 Å². The molecule has 174 valence electrons. The predicted molar refractivity (Wildman–Crippen MR) is 144 cm³/mol. The molecule has 6 rings (SSSR count). The smallest absolute Gasteiger partial charge is 0.365 e. The van der Waals surface area contributed by atoms with Crippen molar-refractivity contribution in [2.24, 2.45) is 5.10 Å². The fourth-order valence-electron chi connectivity index (χ4n) is 4.31. The summed E-state index contributed by atoms with van der Waals surface area (Å²) in [7, 11) is 0. The normalized spacial score (nSPS) is 18.7. The van der Waals surface area contributed by atoms with Crippen LogP contribution in [0.3, 0.4) is 0 Å². The molecule has 2 aliphatic rings. The van der Waals surface area contributed by atoms with Crippen molar-refractivity contribution in [3.8, 4) is 0 Å². The molecule has 0 fully saturated rings. The van der Waals surface area contributed by atoms with Crippen LogP contribution >= 0.6 is 27.7 Å². The molecule has 0 saturated carbocycles. The SMILES string of the molecule is CCOC(=O)C1=NN(c2ccc(Br)cc2)C2(C=C(c3ccccc3)n3ncc4cccc(c43)N2)S1. The number of nitrogens with one attached hydrogen (secondary N) is 1. The molecule has 1 unspecified atom stereocenters. The second-order valence-electron chi connectivity index (χ2n) is 8.03. The molecular weight excluding hydrogens is 526 g/mol. The lowest BCUT2D eigenvalue weighted by atomic mass is 10.1. The number of rotatable bonds is 4. The van der Waals surface area contributed by atoms with Crippen LogP contribution in [0.1, 0.15) is 12.5 Å². The van der Waals surface area contributed by atoms with E-state index in [0.29, 0.717) is 0 Å². The van der Waals surface area contributed by atoms with Gasteiger partial charge >= 0.3 is 5.97 Å². The highest BCUT2D eigenvalue weighted by Crippen LogP contribution is 2.47. The number of anilines is 2. The summed E-state index contributed by atoms with van der Waals surface area (Å²) in [6.45, 7) is 2.06. The van der Waals surface area contributed by atoms with E-state index >= 15 is 0 Å². The van der Waals surface area contributed by atoms with Crippen molar-refractivity contribution in [1.29, 1.82) is 0 Å². The Morgan fingerprint density at radius 1 is 1.09 bits per heavy atom. The fourth-order valence-corrected chi connectivity index (χ4v) is 5.69. The van der Waals surface area contributed by atoms with Crippen molar-refractivity contribution in [3.63, 3.8) is 0 Å². The molecule has 1 spiro atoms. The number of benzene rings is 3. The summed E-state index contributed by atoms with van der Waals surface area (Å²) in [5.74, 6) is -0.451. The molecule has 1 atom stereocenters. The monoisotopic (exact) mass is 545 g/mol. The van der Waals surface area contributed by atoms with E-state index in [4.69, 9.17) is 14.9 Å². The lowest BCUT2D eigenvalue weighted by Crippen LogP contribution is -2.45. The Kier molecular flexibility index (Phi) is 5.38. The molecule has 4 aromatic rings. The Balaban J connectivity index is 1.60. The zero-order valence-electron chi connectivity index (χ0n) is 18.7. The van der Waals surface area contributed by atoms with E-state index in [1.807, 2.05) is 76.6 Å². The highest BCUT2D eigenvalue weighted by Gasteiger charge is 2.48. The number of esters is 1. The third-order valence-corrected chi connectivity index (χ3v) is 7.49. The molecule has 0 saturated heterocycles. The molecule has 3 heterocycles. The van der Waals surface area contributed by atoms with Crippen LogP contribution in [-0.4, -0.2) is 32.4 Å². The standard InChI is InChI=1S/C26H20BrN5O2S/c1-2-34-25(33)24-30-32(20-13-11-19(27)12-14-20)26(35-24)15-22(17-7-4-3-5-8-17)31-23-18(16-28-31)9-6-10-21(23)29-26/h3-16,29H,2H2,1H3. The van der Waals surface area contributed by atoms with Crippen LogP contribution in [-0.2, 0) is 9.53 Å². The Morgan fingerprint density at radius 3 is 2.66 bits per heavy atom. The van der Waals surface area contributed by atoms with Crippen LogP contribution in [0.2, 0.25) is 0 Å². The average Bonchev–Trinajstić information content (AvgIpc) is 3.43. The van der Waals surface area contributed by atoms with Crippen LogP contribution in [0.5, 0.6) is 0 Å². The zero-order valence-corrected chi connectivity index (χ0v) is 21.1. The summed E-state index contributed by atoms with van der Waals surface area (Å²) in [6.07, 6.45) is 3.95. The molecule has 0 bridgehead atoms. The number of hydrazone groups is 1. The van der Waals surface area contributed by atoms with Crippen molar-refractivity contribution in [2.75, 3.05) is 16.9 Å². The third kappa shape index (κ3) is 3.71. The summed E-state index contributed by atoms with van der Waals surface area (Å²) in [4.78, 5) is 11.9. The number of hydrogen-bond donors (Lipinski definition) is 1. The van der Waals surface area contributed by atoms with Gasteiger partial charge in [0.1, 0.15) is 0 Å². The van der Waals surface area contributed by atoms with Crippen molar-refractivity contribution in [3.05, 3.63) is 95.1 Å². The number of hydrogen-bond acceptors (Lipinski definition) is 7.